The van der Waals surface area contributed by atoms with Crippen LogP contribution in [0, 0.1) is 0 Å². The zero-order valence-electron chi connectivity index (χ0n) is 8.71. The second kappa shape index (κ2) is 5.78. The molecule has 1 N–H and O–H groups in total. The van der Waals surface area contributed by atoms with E-state index in [1.165, 1.54) is 29.9 Å². The number of benzene rings is 1. The number of rotatable bonds is 3. The van der Waals surface area contributed by atoms with Crippen LogP contribution in [0.25, 0.3) is 0 Å². The highest BCUT2D eigenvalue weighted by Crippen LogP contribution is 2.17. The van der Waals surface area contributed by atoms with Gasteiger partial charge in [-0.25, -0.2) is 0 Å². The van der Waals surface area contributed by atoms with Gasteiger partial charge in [0.2, 0.25) is 0 Å². The molecule has 3 heteroatoms. The first-order valence-electron chi connectivity index (χ1n) is 5.40. The van der Waals surface area contributed by atoms with Crippen molar-refractivity contribution in [2.45, 2.75) is 25.4 Å². The van der Waals surface area contributed by atoms with E-state index in [1.807, 2.05) is 12.1 Å². The van der Waals surface area contributed by atoms with Crippen molar-refractivity contribution in [3.05, 3.63) is 34.9 Å². The van der Waals surface area contributed by atoms with E-state index in [4.69, 9.17) is 11.6 Å². The maximum absolute atomic E-state index is 5.84. The minimum atomic E-state index is 0.694. The average Bonchev–Trinajstić information content (AvgIpc) is 2.30. The molecule has 15 heavy (non-hydrogen) atoms. The predicted molar refractivity (Wildman–Crippen MR) is 68.6 cm³/mol. The Morgan fingerprint density at radius 3 is 2.80 bits per heavy atom. The molecular weight excluding hydrogens is 226 g/mol. The van der Waals surface area contributed by atoms with Gasteiger partial charge < -0.3 is 5.32 Å². The van der Waals surface area contributed by atoms with Crippen LogP contribution in [0.2, 0.25) is 5.02 Å². The molecule has 0 aliphatic carbocycles. The monoisotopic (exact) mass is 241 g/mol. The van der Waals surface area contributed by atoms with Crippen LogP contribution in [-0.4, -0.2) is 17.5 Å². The first-order valence-corrected chi connectivity index (χ1v) is 6.93. The van der Waals surface area contributed by atoms with Gasteiger partial charge in [-0.2, -0.15) is 11.8 Å². The minimum Gasteiger partial charge on any atom is -0.309 e. The van der Waals surface area contributed by atoms with Gasteiger partial charge in [0.1, 0.15) is 0 Å². The Kier molecular flexibility index (Phi) is 4.36. The van der Waals surface area contributed by atoms with Crippen molar-refractivity contribution < 1.29 is 0 Å². The summed E-state index contributed by atoms with van der Waals surface area (Å²) in [6, 6.07) is 8.78. The van der Waals surface area contributed by atoms with Crippen molar-refractivity contribution in [2.24, 2.45) is 0 Å². The molecule has 1 nitrogen and oxygen atoms in total. The molecule has 1 saturated heterocycles. The van der Waals surface area contributed by atoms with Gasteiger partial charge in [0, 0.05) is 23.4 Å². The fraction of sp³-hybridized carbons (Fsp3) is 0.500. The first-order chi connectivity index (χ1) is 7.34. The maximum atomic E-state index is 5.84. The van der Waals surface area contributed by atoms with Crippen LogP contribution in [-0.2, 0) is 6.54 Å². The summed E-state index contributed by atoms with van der Waals surface area (Å²) in [4.78, 5) is 0. The summed E-state index contributed by atoms with van der Waals surface area (Å²) in [5.41, 5.74) is 1.31. The molecule has 0 spiro atoms. The topological polar surface area (TPSA) is 12.0 Å². The van der Waals surface area contributed by atoms with Crippen LogP contribution >= 0.6 is 23.4 Å². The van der Waals surface area contributed by atoms with Crippen LogP contribution in [0.5, 0.6) is 0 Å². The molecule has 0 unspecified atom stereocenters. The number of hydrogen-bond acceptors (Lipinski definition) is 2. The van der Waals surface area contributed by atoms with Crippen molar-refractivity contribution >= 4 is 23.4 Å². The van der Waals surface area contributed by atoms with E-state index in [-0.39, 0.29) is 0 Å². The normalized spacial score (nSPS) is 21.5. The third kappa shape index (κ3) is 3.71. The van der Waals surface area contributed by atoms with Crippen molar-refractivity contribution in [3.63, 3.8) is 0 Å². The maximum Gasteiger partial charge on any atom is 0.0406 e. The summed E-state index contributed by atoms with van der Waals surface area (Å²) >= 11 is 7.89. The zero-order chi connectivity index (χ0) is 10.5. The Hall–Kier alpha value is -0.180. The molecule has 1 atom stereocenters. The van der Waals surface area contributed by atoms with E-state index >= 15 is 0 Å². The Balaban J connectivity index is 1.79. The Morgan fingerprint density at radius 2 is 2.13 bits per heavy atom. The molecule has 0 saturated carbocycles. The van der Waals surface area contributed by atoms with Gasteiger partial charge in [-0.3, -0.25) is 0 Å². The van der Waals surface area contributed by atoms with Crippen molar-refractivity contribution in [1.29, 1.82) is 0 Å². The third-order valence-corrected chi connectivity index (χ3v) is 4.14. The Morgan fingerprint density at radius 1 is 1.33 bits per heavy atom. The van der Waals surface area contributed by atoms with E-state index in [2.05, 4.69) is 29.2 Å². The lowest BCUT2D eigenvalue weighted by molar-refractivity contribution is 0.507. The molecule has 2 rings (SSSR count). The van der Waals surface area contributed by atoms with Gasteiger partial charge in [-0.05, 0) is 36.3 Å². The average molecular weight is 242 g/mol. The second-order valence-corrected chi connectivity index (χ2v) is 5.51. The van der Waals surface area contributed by atoms with Crippen LogP contribution in [0.3, 0.4) is 0 Å². The van der Waals surface area contributed by atoms with Gasteiger partial charge >= 0.3 is 0 Å². The first kappa shape index (κ1) is 11.3. The molecule has 0 radical (unpaired) electrons. The quantitative estimate of drug-likeness (QED) is 0.872. The van der Waals surface area contributed by atoms with Crippen LogP contribution in [0.15, 0.2) is 24.3 Å². The van der Waals surface area contributed by atoms with Crippen LogP contribution < -0.4 is 5.32 Å². The van der Waals surface area contributed by atoms with E-state index in [9.17, 15) is 0 Å². The largest absolute Gasteiger partial charge is 0.309 e. The summed E-state index contributed by atoms with van der Waals surface area (Å²) in [5, 5.41) is 4.41. The van der Waals surface area contributed by atoms with E-state index in [1.54, 1.807) is 0 Å². The lowest BCUT2D eigenvalue weighted by Crippen LogP contribution is -2.33. The van der Waals surface area contributed by atoms with Crippen molar-refractivity contribution in [1.82, 2.24) is 5.32 Å². The smallest absolute Gasteiger partial charge is 0.0406 e. The third-order valence-electron chi connectivity index (χ3n) is 2.67. The van der Waals surface area contributed by atoms with Crippen LogP contribution in [0.4, 0.5) is 0 Å². The summed E-state index contributed by atoms with van der Waals surface area (Å²) in [5.74, 6) is 2.59. The summed E-state index contributed by atoms with van der Waals surface area (Å²) < 4.78 is 0. The molecule has 1 aliphatic rings. The fourth-order valence-corrected chi connectivity index (χ4v) is 3.00. The van der Waals surface area contributed by atoms with E-state index in [0.29, 0.717) is 6.04 Å². The number of halogens is 1. The number of thioether (sulfide) groups is 1. The van der Waals surface area contributed by atoms with Gasteiger partial charge in [0.25, 0.3) is 0 Å². The minimum absolute atomic E-state index is 0.694. The highest BCUT2D eigenvalue weighted by molar-refractivity contribution is 7.99. The molecule has 1 aliphatic heterocycles. The molecule has 1 aromatic carbocycles. The van der Waals surface area contributed by atoms with Crippen molar-refractivity contribution in [2.75, 3.05) is 11.5 Å². The molecule has 82 valence electrons. The highest BCUT2D eigenvalue weighted by atomic mass is 35.5. The fourth-order valence-electron chi connectivity index (χ4n) is 1.77. The van der Waals surface area contributed by atoms with E-state index < -0.39 is 0 Å². The Bertz CT molecular complexity index is 293. The van der Waals surface area contributed by atoms with Gasteiger partial charge in [-0.1, -0.05) is 23.7 Å². The molecule has 1 heterocycles. The van der Waals surface area contributed by atoms with Gasteiger partial charge in [0.15, 0.2) is 0 Å². The van der Waals surface area contributed by atoms with Crippen molar-refractivity contribution in [3.8, 4) is 0 Å². The highest BCUT2D eigenvalue weighted by Gasteiger charge is 2.12. The summed E-state index contributed by atoms with van der Waals surface area (Å²) in [6.45, 7) is 0.961. The Labute approximate surface area is 101 Å². The number of hydrogen-bond donors (Lipinski definition) is 1. The SMILES string of the molecule is Clc1ccc(CN[C@H]2CCCSC2)cc1. The van der Waals surface area contributed by atoms with Gasteiger partial charge in [0.05, 0.1) is 0 Å². The van der Waals surface area contributed by atoms with Gasteiger partial charge in [-0.15, -0.1) is 0 Å². The van der Waals surface area contributed by atoms with E-state index in [0.717, 1.165) is 11.6 Å². The summed E-state index contributed by atoms with van der Waals surface area (Å²) in [6.07, 6.45) is 2.67. The van der Waals surface area contributed by atoms with Crippen LogP contribution in [0.1, 0.15) is 18.4 Å². The molecular formula is C12H16ClNS. The lowest BCUT2D eigenvalue weighted by Gasteiger charge is -2.22. The molecule has 1 aromatic rings. The number of nitrogens with one attached hydrogen (secondary N) is 1. The molecule has 0 aromatic heterocycles. The standard InChI is InChI=1S/C12H16ClNS/c13-11-5-3-10(4-6-11)8-14-12-2-1-7-15-9-12/h3-6,12,14H,1-2,7-9H2/t12-/m0/s1. The molecule has 0 amide bonds. The molecule has 1 fully saturated rings. The second-order valence-electron chi connectivity index (χ2n) is 3.92. The zero-order valence-corrected chi connectivity index (χ0v) is 10.3. The summed E-state index contributed by atoms with van der Waals surface area (Å²) in [7, 11) is 0. The lowest BCUT2D eigenvalue weighted by atomic mass is 10.1. The molecule has 0 bridgehead atoms. The predicted octanol–water partition coefficient (Wildman–Crippen LogP) is 3.33.